The summed E-state index contributed by atoms with van der Waals surface area (Å²) in [6.07, 6.45) is 11.0. The van der Waals surface area contributed by atoms with Crippen LogP contribution in [-0.2, 0) is 0 Å². The lowest BCUT2D eigenvalue weighted by atomic mass is 9.93. The Morgan fingerprint density at radius 2 is 1.62 bits per heavy atom. The number of benzene rings is 2. The number of nitrogens with zero attached hydrogens (tertiary/aromatic N) is 2. The molecule has 0 amide bonds. The van der Waals surface area contributed by atoms with E-state index in [1.54, 1.807) is 0 Å². The molecule has 0 aliphatic heterocycles. The Balaban J connectivity index is 1.93. The Morgan fingerprint density at radius 1 is 0.808 bits per heavy atom. The average Bonchev–Trinajstić information content (AvgIpc) is 2.88. The van der Waals surface area contributed by atoms with Gasteiger partial charge in [-0.1, -0.05) is 56.3 Å². The molecule has 0 unspecified atom stereocenters. The predicted molar refractivity (Wildman–Crippen MR) is 110 cm³/mol. The number of fused-ring (bicyclic) bond motifs is 4. The number of hydrogen-bond donors (Lipinski definition) is 0. The topological polar surface area (TPSA) is 17.8 Å². The van der Waals surface area contributed by atoms with Gasteiger partial charge in [0.2, 0.25) is 0 Å². The summed E-state index contributed by atoms with van der Waals surface area (Å²) >= 11 is 0. The van der Waals surface area contributed by atoms with E-state index in [9.17, 15) is 0 Å². The van der Waals surface area contributed by atoms with Crippen molar-refractivity contribution in [3.8, 4) is 5.69 Å². The zero-order valence-electron chi connectivity index (χ0n) is 15.0. The summed E-state index contributed by atoms with van der Waals surface area (Å²) in [4.78, 5) is 4.54. The molecule has 0 atom stereocenters. The fourth-order valence-electron chi connectivity index (χ4n) is 3.81. The molecule has 2 heterocycles. The highest BCUT2D eigenvalue weighted by atomic mass is 15.0. The van der Waals surface area contributed by atoms with E-state index in [2.05, 4.69) is 96.2 Å². The summed E-state index contributed by atoms with van der Waals surface area (Å²) in [6, 6.07) is 19.1. The van der Waals surface area contributed by atoms with Crippen LogP contribution in [0.2, 0.25) is 0 Å². The smallest absolute Gasteiger partial charge is 0.0723 e. The third kappa shape index (κ3) is 2.22. The Hall–Kier alpha value is -3.13. The Bertz CT molecular complexity index is 1200. The zero-order chi connectivity index (χ0) is 17.7. The van der Waals surface area contributed by atoms with Crippen molar-refractivity contribution in [2.45, 2.75) is 13.8 Å². The number of rotatable bonds is 1. The van der Waals surface area contributed by atoms with Gasteiger partial charge in [0, 0.05) is 27.9 Å². The van der Waals surface area contributed by atoms with Gasteiger partial charge < -0.3 is 4.57 Å². The number of pyridine rings is 1. The maximum atomic E-state index is 4.54. The molecule has 1 aliphatic rings. The third-order valence-corrected chi connectivity index (χ3v) is 5.17. The first-order valence-corrected chi connectivity index (χ1v) is 9.00. The molecule has 4 aromatic rings. The van der Waals surface area contributed by atoms with E-state index in [-0.39, 0.29) is 5.41 Å². The number of allylic oxidation sites excluding steroid dienone is 2. The normalized spacial score (nSPS) is 15.3. The largest absolute Gasteiger partial charge is 0.309 e. The first-order valence-electron chi connectivity index (χ1n) is 9.00. The minimum atomic E-state index is 0.0469. The van der Waals surface area contributed by atoms with Crippen LogP contribution in [0.3, 0.4) is 0 Å². The third-order valence-electron chi connectivity index (χ3n) is 5.17. The van der Waals surface area contributed by atoms with Crippen LogP contribution < -0.4 is 0 Å². The van der Waals surface area contributed by atoms with Crippen LogP contribution in [0.1, 0.15) is 25.1 Å². The van der Waals surface area contributed by atoms with Gasteiger partial charge in [-0.3, -0.25) is 4.98 Å². The van der Waals surface area contributed by atoms with Gasteiger partial charge in [-0.25, -0.2) is 0 Å². The molecule has 26 heavy (non-hydrogen) atoms. The summed E-state index contributed by atoms with van der Waals surface area (Å²) in [7, 11) is 0. The van der Waals surface area contributed by atoms with Crippen molar-refractivity contribution < 1.29 is 0 Å². The fourth-order valence-corrected chi connectivity index (χ4v) is 3.81. The number of aromatic nitrogens is 2. The summed E-state index contributed by atoms with van der Waals surface area (Å²) in [5.74, 6) is 0. The van der Waals surface area contributed by atoms with Crippen molar-refractivity contribution in [3.63, 3.8) is 0 Å². The quantitative estimate of drug-likeness (QED) is 0.402. The van der Waals surface area contributed by atoms with Crippen LogP contribution in [-0.4, -0.2) is 9.55 Å². The highest BCUT2D eigenvalue weighted by Crippen LogP contribution is 2.37. The van der Waals surface area contributed by atoms with E-state index in [1.807, 2.05) is 12.3 Å². The minimum Gasteiger partial charge on any atom is -0.309 e. The zero-order valence-corrected chi connectivity index (χ0v) is 15.0. The van der Waals surface area contributed by atoms with E-state index in [0.717, 1.165) is 5.52 Å². The predicted octanol–water partition coefficient (Wildman–Crippen LogP) is 6.24. The Kier molecular flexibility index (Phi) is 3.17. The van der Waals surface area contributed by atoms with Gasteiger partial charge in [0.05, 0.1) is 22.4 Å². The number of hydrogen-bond acceptors (Lipinski definition) is 1. The molecule has 0 bridgehead atoms. The molecule has 0 saturated heterocycles. The van der Waals surface area contributed by atoms with Crippen LogP contribution in [0.5, 0.6) is 0 Å². The van der Waals surface area contributed by atoms with Crippen LogP contribution >= 0.6 is 0 Å². The summed E-state index contributed by atoms with van der Waals surface area (Å²) in [5, 5.41) is 2.45. The fraction of sp³-hybridized carbons (Fsp3) is 0.125. The first-order chi connectivity index (χ1) is 12.6. The summed E-state index contributed by atoms with van der Waals surface area (Å²) in [5.41, 5.74) is 5.97. The lowest BCUT2D eigenvalue weighted by molar-refractivity contribution is 0.633. The molecule has 0 N–H and O–H groups in total. The van der Waals surface area contributed by atoms with Gasteiger partial charge in [0.15, 0.2) is 0 Å². The lowest BCUT2D eigenvalue weighted by Gasteiger charge is -2.14. The van der Waals surface area contributed by atoms with Gasteiger partial charge in [0.1, 0.15) is 0 Å². The lowest BCUT2D eigenvalue weighted by Crippen LogP contribution is -2.01. The molecule has 0 spiro atoms. The van der Waals surface area contributed by atoms with Crippen molar-refractivity contribution >= 4 is 34.0 Å². The van der Waals surface area contributed by atoms with Gasteiger partial charge >= 0.3 is 0 Å². The van der Waals surface area contributed by atoms with Crippen molar-refractivity contribution in [2.24, 2.45) is 5.41 Å². The molecule has 2 heteroatoms. The van der Waals surface area contributed by atoms with Gasteiger partial charge in [-0.15, -0.1) is 0 Å². The SMILES string of the molecule is CC1(C)C=Cc2c(n(-c3cccc4ncccc34)c3ccccc23)C=C1. The molecule has 0 saturated carbocycles. The molecular formula is C24H20N2. The number of para-hydroxylation sites is 1. The van der Waals surface area contributed by atoms with Crippen molar-refractivity contribution in [3.05, 3.63) is 84.2 Å². The standard InChI is InChI=1S/C24H20N2/c1-24(2)14-12-18-17-7-3-4-10-21(17)26(23(18)13-15-24)22-11-5-9-20-19(22)8-6-16-25-20/h3-16H,1-2H3. The molecule has 2 aromatic carbocycles. The van der Waals surface area contributed by atoms with Crippen LogP contribution in [0.15, 0.2) is 72.9 Å². The second-order valence-electron chi connectivity index (χ2n) is 7.49. The highest BCUT2D eigenvalue weighted by molar-refractivity contribution is 5.98. The van der Waals surface area contributed by atoms with Crippen molar-refractivity contribution in [1.82, 2.24) is 9.55 Å². The molecule has 126 valence electrons. The Labute approximate surface area is 153 Å². The van der Waals surface area contributed by atoms with E-state index < -0.39 is 0 Å². The van der Waals surface area contributed by atoms with E-state index in [0.29, 0.717) is 0 Å². The summed E-state index contributed by atoms with van der Waals surface area (Å²) in [6.45, 7) is 4.47. The Morgan fingerprint density at radius 3 is 2.54 bits per heavy atom. The molecule has 1 aliphatic carbocycles. The molecule has 2 aromatic heterocycles. The average molecular weight is 336 g/mol. The monoisotopic (exact) mass is 336 g/mol. The summed E-state index contributed by atoms with van der Waals surface area (Å²) < 4.78 is 2.37. The van der Waals surface area contributed by atoms with E-state index in [4.69, 9.17) is 0 Å². The van der Waals surface area contributed by atoms with Crippen LogP contribution in [0, 0.1) is 5.41 Å². The molecular weight excluding hydrogens is 316 g/mol. The minimum absolute atomic E-state index is 0.0469. The van der Waals surface area contributed by atoms with Crippen LogP contribution in [0.4, 0.5) is 0 Å². The van der Waals surface area contributed by atoms with Crippen molar-refractivity contribution in [1.29, 1.82) is 0 Å². The molecule has 2 nitrogen and oxygen atoms in total. The molecule has 5 rings (SSSR count). The second kappa shape index (κ2) is 5.43. The van der Waals surface area contributed by atoms with Crippen LogP contribution in [0.25, 0.3) is 39.6 Å². The van der Waals surface area contributed by atoms with E-state index >= 15 is 0 Å². The first kappa shape index (κ1) is 15.2. The molecule has 0 fully saturated rings. The van der Waals surface area contributed by atoms with Crippen molar-refractivity contribution in [2.75, 3.05) is 0 Å². The maximum Gasteiger partial charge on any atom is 0.0723 e. The molecule has 0 radical (unpaired) electrons. The van der Waals surface area contributed by atoms with Gasteiger partial charge in [-0.2, -0.15) is 0 Å². The van der Waals surface area contributed by atoms with Gasteiger partial charge in [0.25, 0.3) is 0 Å². The van der Waals surface area contributed by atoms with E-state index in [1.165, 1.54) is 33.2 Å². The van der Waals surface area contributed by atoms with Gasteiger partial charge in [-0.05, 0) is 36.4 Å². The highest BCUT2D eigenvalue weighted by Gasteiger charge is 2.20. The second-order valence-corrected chi connectivity index (χ2v) is 7.49. The maximum absolute atomic E-state index is 4.54.